The Balaban J connectivity index is 2.90. The normalized spacial score (nSPS) is 15.7. The number of hydrogen-bond donors (Lipinski definition) is 8. The fraction of sp³-hybridized carbons (Fsp3) is 0.611. The van der Waals surface area contributed by atoms with Gasteiger partial charge >= 0.3 is 5.97 Å². The van der Waals surface area contributed by atoms with Crippen LogP contribution in [0.1, 0.15) is 19.0 Å². The topological polar surface area (TPSA) is 200 Å². The van der Waals surface area contributed by atoms with Crippen LogP contribution in [0.4, 0.5) is 0 Å². The fourth-order valence-corrected chi connectivity index (χ4v) is 3.24. The summed E-state index contributed by atoms with van der Waals surface area (Å²) in [6.45, 7) is 1.28. The molecule has 0 saturated heterocycles. The van der Waals surface area contributed by atoms with Gasteiger partial charge < -0.3 is 36.9 Å². The van der Waals surface area contributed by atoms with Crippen molar-refractivity contribution in [3.63, 3.8) is 0 Å². The van der Waals surface area contributed by atoms with E-state index in [1.165, 1.54) is 31.2 Å². The Bertz CT molecular complexity index is 763. The van der Waals surface area contributed by atoms with Gasteiger partial charge in [-0.05, 0) is 25.4 Å². The second kappa shape index (κ2) is 14.0. The van der Waals surface area contributed by atoms with Gasteiger partial charge in [0.15, 0.2) is 0 Å². The third-order valence-corrected chi connectivity index (χ3v) is 5.47. The number of carbonyl (C=O) groups is 4. The summed E-state index contributed by atoms with van der Waals surface area (Å²) < 4.78 is 0. The highest BCUT2D eigenvalue weighted by atomic mass is 32.2. The first-order chi connectivity index (χ1) is 15.1. The zero-order valence-electron chi connectivity index (χ0n) is 17.8. The molecule has 1 heterocycles. The van der Waals surface area contributed by atoms with Crippen LogP contribution in [0, 0.1) is 0 Å². The van der Waals surface area contributed by atoms with Gasteiger partial charge in [-0.15, -0.1) is 0 Å². The number of amides is 3. The smallest absolute Gasteiger partial charge is 0.326 e. The first kappa shape index (κ1) is 27.7. The molecule has 12 nitrogen and oxygen atoms in total. The summed E-state index contributed by atoms with van der Waals surface area (Å²) in [6.07, 6.45) is 3.47. The van der Waals surface area contributed by atoms with Crippen molar-refractivity contribution < 1.29 is 29.4 Å². The molecule has 5 unspecified atom stereocenters. The second-order valence-electron chi connectivity index (χ2n) is 7.04. The highest BCUT2D eigenvalue weighted by molar-refractivity contribution is 7.98. The number of imidazole rings is 1. The molecule has 8 N–H and O–H groups in total. The monoisotopic (exact) mass is 490 g/mol. The van der Waals surface area contributed by atoms with Gasteiger partial charge in [0.05, 0.1) is 18.5 Å². The number of aliphatic hydroxyl groups is 1. The Kier molecular flexibility index (Phi) is 12.1. The third kappa shape index (κ3) is 9.06. The zero-order chi connectivity index (χ0) is 24.3. The van der Waals surface area contributed by atoms with Crippen LogP contribution in [0.2, 0.25) is 0 Å². The minimum atomic E-state index is -1.45. The minimum Gasteiger partial charge on any atom is -0.480 e. The Morgan fingerprint density at radius 2 is 1.84 bits per heavy atom. The second-order valence-corrected chi connectivity index (χ2v) is 8.39. The van der Waals surface area contributed by atoms with Crippen molar-refractivity contribution in [3.05, 3.63) is 18.2 Å². The van der Waals surface area contributed by atoms with Crippen LogP contribution in [0.15, 0.2) is 12.5 Å². The molecule has 32 heavy (non-hydrogen) atoms. The Morgan fingerprint density at radius 1 is 1.19 bits per heavy atom. The molecule has 0 fully saturated rings. The fourth-order valence-electron chi connectivity index (χ4n) is 2.60. The molecule has 0 aliphatic rings. The van der Waals surface area contributed by atoms with Crippen LogP contribution >= 0.6 is 24.4 Å². The summed E-state index contributed by atoms with van der Waals surface area (Å²) in [5.74, 6) is -2.86. The number of hydrogen-bond acceptors (Lipinski definition) is 9. The van der Waals surface area contributed by atoms with Gasteiger partial charge in [0.1, 0.15) is 18.1 Å². The van der Waals surface area contributed by atoms with Crippen molar-refractivity contribution in [2.75, 3.05) is 17.8 Å². The lowest BCUT2D eigenvalue weighted by Crippen LogP contribution is -2.60. The number of carbonyl (C=O) groups excluding carboxylic acids is 3. The molecule has 0 aliphatic heterocycles. The van der Waals surface area contributed by atoms with Crippen LogP contribution in [0.25, 0.3) is 0 Å². The number of nitrogens with zero attached hydrogens (tertiary/aromatic N) is 1. The van der Waals surface area contributed by atoms with Crippen LogP contribution in [0.3, 0.4) is 0 Å². The van der Waals surface area contributed by atoms with E-state index in [1.807, 2.05) is 6.26 Å². The van der Waals surface area contributed by atoms with E-state index >= 15 is 0 Å². The standard InChI is InChI=1S/C18H30N6O6S2/c1-9(25)14(17(28)23-13(18(29)30)5-10-6-20-8-21-10)24-16(27)12(3-4-32-2)22-15(26)11(19)7-31/h6,8-9,11-14,25,31H,3-5,7,19H2,1-2H3,(H,20,21)(H,22,26)(H,23,28)(H,24,27)(H,29,30). The summed E-state index contributed by atoms with van der Waals surface area (Å²) in [5.41, 5.74) is 6.12. The van der Waals surface area contributed by atoms with E-state index in [9.17, 15) is 29.4 Å². The predicted molar refractivity (Wildman–Crippen MR) is 122 cm³/mol. The molecule has 5 atom stereocenters. The van der Waals surface area contributed by atoms with Crippen LogP contribution in [-0.2, 0) is 25.6 Å². The lowest BCUT2D eigenvalue weighted by atomic mass is 10.1. The lowest BCUT2D eigenvalue weighted by Gasteiger charge is -2.26. The van der Waals surface area contributed by atoms with Crippen molar-refractivity contribution in [1.82, 2.24) is 25.9 Å². The van der Waals surface area contributed by atoms with Crippen molar-refractivity contribution in [3.8, 4) is 0 Å². The Hall–Kier alpha value is -2.29. The highest BCUT2D eigenvalue weighted by Gasteiger charge is 2.32. The molecule has 1 aromatic rings. The van der Waals surface area contributed by atoms with E-state index in [2.05, 4.69) is 38.5 Å². The number of aliphatic hydroxyl groups excluding tert-OH is 1. The Morgan fingerprint density at radius 3 is 2.34 bits per heavy atom. The molecule has 14 heteroatoms. The number of thiol groups is 1. The maximum absolute atomic E-state index is 12.8. The first-order valence-electron chi connectivity index (χ1n) is 9.75. The number of carboxylic acids is 1. The van der Waals surface area contributed by atoms with E-state index in [0.29, 0.717) is 11.4 Å². The third-order valence-electron chi connectivity index (χ3n) is 4.43. The van der Waals surface area contributed by atoms with Gasteiger partial charge in [-0.2, -0.15) is 24.4 Å². The number of rotatable bonds is 14. The van der Waals surface area contributed by atoms with Crippen LogP contribution in [-0.4, -0.2) is 91.9 Å². The van der Waals surface area contributed by atoms with Gasteiger partial charge in [0.25, 0.3) is 0 Å². The number of H-pyrrole nitrogens is 1. The van der Waals surface area contributed by atoms with Gasteiger partial charge in [-0.25, -0.2) is 9.78 Å². The molecule has 1 rings (SSSR count). The van der Waals surface area contributed by atoms with Gasteiger partial charge in [0.2, 0.25) is 17.7 Å². The molecule has 3 amide bonds. The maximum Gasteiger partial charge on any atom is 0.326 e. The van der Waals surface area contributed by atoms with Gasteiger partial charge in [-0.3, -0.25) is 14.4 Å². The van der Waals surface area contributed by atoms with E-state index in [-0.39, 0.29) is 18.6 Å². The zero-order valence-corrected chi connectivity index (χ0v) is 19.5. The number of nitrogens with one attached hydrogen (secondary N) is 4. The SMILES string of the molecule is CSCCC(NC(=O)C(N)CS)C(=O)NC(C(=O)NC(Cc1cnc[nH]1)C(=O)O)C(C)O. The molecule has 0 saturated carbocycles. The summed E-state index contributed by atoms with van der Waals surface area (Å²) >= 11 is 5.41. The van der Waals surface area contributed by atoms with E-state index in [4.69, 9.17) is 5.73 Å². The number of nitrogens with two attached hydrogens (primary N) is 1. The van der Waals surface area contributed by atoms with Gasteiger partial charge in [-0.1, -0.05) is 0 Å². The maximum atomic E-state index is 12.8. The molecular weight excluding hydrogens is 460 g/mol. The van der Waals surface area contributed by atoms with E-state index < -0.39 is 54.0 Å². The van der Waals surface area contributed by atoms with Crippen molar-refractivity contribution in [1.29, 1.82) is 0 Å². The molecular formula is C18H30N6O6S2. The number of carboxylic acid groups (broad SMARTS) is 1. The summed E-state index contributed by atoms with van der Waals surface area (Å²) in [7, 11) is 0. The predicted octanol–water partition coefficient (Wildman–Crippen LogP) is -2.12. The summed E-state index contributed by atoms with van der Waals surface area (Å²) in [4.78, 5) is 55.6. The minimum absolute atomic E-state index is 0.0738. The number of aromatic nitrogens is 2. The Labute approximate surface area is 195 Å². The molecule has 0 bridgehead atoms. The average Bonchev–Trinajstić information content (AvgIpc) is 3.26. The molecule has 0 radical (unpaired) electrons. The first-order valence-corrected chi connectivity index (χ1v) is 11.8. The number of aromatic amines is 1. The summed E-state index contributed by atoms with van der Waals surface area (Å²) in [5, 5.41) is 26.7. The molecule has 180 valence electrons. The van der Waals surface area contributed by atoms with E-state index in [1.54, 1.807) is 0 Å². The van der Waals surface area contributed by atoms with Crippen molar-refractivity contribution >= 4 is 48.1 Å². The quantitative estimate of drug-likeness (QED) is 0.134. The van der Waals surface area contributed by atoms with Gasteiger partial charge in [0, 0.05) is 24.1 Å². The molecule has 0 aromatic carbocycles. The van der Waals surface area contributed by atoms with Crippen molar-refractivity contribution in [2.45, 2.75) is 50.0 Å². The molecule has 1 aromatic heterocycles. The highest BCUT2D eigenvalue weighted by Crippen LogP contribution is 2.05. The lowest BCUT2D eigenvalue weighted by molar-refractivity contribution is -0.143. The summed E-state index contributed by atoms with van der Waals surface area (Å²) in [6, 6.07) is -4.69. The average molecular weight is 491 g/mol. The number of thioether (sulfide) groups is 1. The van der Waals surface area contributed by atoms with Crippen LogP contribution < -0.4 is 21.7 Å². The largest absolute Gasteiger partial charge is 0.480 e. The van der Waals surface area contributed by atoms with E-state index in [0.717, 1.165) is 0 Å². The molecule has 0 spiro atoms. The van der Waals surface area contributed by atoms with Crippen LogP contribution in [0.5, 0.6) is 0 Å². The molecule has 0 aliphatic carbocycles. The number of aliphatic carboxylic acids is 1. The van der Waals surface area contributed by atoms with Crippen molar-refractivity contribution in [2.24, 2.45) is 5.73 Å².